The Morgan fingerprint density at radius 3 is 2.54 bits per heavy atom. The van der Waals surface area contributed by atoms with Gasteiger partial charge in [0.15, 0.2) is 0 Å². The maximum atomic E-state index is 13.1. The van der Waals surface area contributed by atoms with Gasteiger partial charge in [-0.3, -0.25) is 19.4 Å². The molecule has 136 valence electrons. The van der Waals surface area contributed by atoms with Gasteiger partial charge in [-0.05, 0) is 19.3 Å². The molecular weight excluding hydrogens is 308 g/mol. The fourth-order valence-corrected chi connectivity index (χ4v) is 4.28. The minimum absolute atomic E-state index is 0.135. The number of morpholine rings is 1. The van der Waals surface area contributed by atoms with Gasteiger partial charge in [0, 0.05) is 38.8 Å². The maximum absolute atomic E-state index is 13.1. The number of carbonyl (C=O) groups excluding carboxylic acids is 2. The lowest BCUT2D eigenvalue weighted by atomic mass is 10.1. The fraction of sp³-hybridized carbons (Fsp3) is 0.882. The quantitative estimate of drug-likeness (QED) is 0.758. The van der Waals surface area contributed by atoms with E-state index in [2.05, 4.69) is 4.90 Å². The van der Waals surface area contributed by atoms with Gasteiger partial charge < -0.3 is 15.4 Å². The predicted octanol–water partition coefficient (Wildman–Crippen LogP) is -0.351. The monoisotopic (exact) mass is 338 g/mol. The van der Waals surface area contributed by atoms with Crippen molar-refractivity contribution >= 4 is 11.8 Å². The molecule has 2 amide bonds. The van der Waals surface area contributed by atoms with Crippen LogP contribution in [-0.2, 0) is 14.3 Å². The molecule has 2 saturated heterocycles. The van der Waals surface area contributed by atoms with E-state index in [1.54, 1.807) is 0 Å². The lowest BCUT2D eigenvalue weighted by Gasteiger charge is -2.40. The van der Waals surface area contributed by atoms with Crippen LogP contribution >= 0.6 is 0 Å². The summed E-state index contributed by atoms with van der Waals surface area (Å²) in [6.07, 6.45) is 5.84. The van der Waals surface area contributed by atoms with E-state index in [1.165, 1.54) is 25.7 Å². The molecule has 2 heterocycles. The zero-order valence-electron chi connectivity index (χ0n) is 14.5. The Hall–Kier alpha value is -1.18. The number of ether oxygens (including phenoxy) is 1. The highest BCUT2D eigenvalue weighted by Gasteiger charge is 2.37. The molecule has 3 aliphatic rings. The molecule has 1 saturated carbocycles. The molecule has 0 aromatic carbocycles. The number of nitrogens with two attached hydrogens (primary N) is 1. The molecule has 0 bridgehead atoms. The van der Waals surface area contributed by atoms with Crippen LogP contribution in [0.1, 0.15) is 32.1 Å². The summed E-state index contributed by atoms with van der Waals surface area (Å²) in [5, 5.41) is 0. The van der Waals surface area contributed by atoms with E-state index in [0.29, 0.717) is 25.7 Å². The summed E-state index contributed by atoms with van der Waals surface area (Å²) in [6, 6.07) is 0.408. The number of primary amides is 1. The smallest absolute Gasteiger partial charge is 0.242 e. The molecule has 0 radical (unpaired) electrons. The molecule has 3 rings (SSSR count). The van der Waals surface area contributed by atoms with Crippen LogP contribution in [0.25, 0.3) is 0 Å². The standard InChI is InChI=1S/C17H30N4O3/c18-16(22)12-19-6-3-7-20(9-8-19)17(23)15-13-24-11-10-21(15)14-4-1-2-5-14/h14-15H,1-13H2,(H2,18,22). The zero-order chi connectivity index (χ0) is 16.9. The number of hydrogen-bond acceptors (Lipinski definition) is 5. The van der Waals surface area contributed by atoms with Crippen LogP contribution in [0.3, 0.4) is 0 Å². The van der Waals surface area contributed by atoms with Crippen molar-refractivity contribution in [2.24, 2.45) is 5.73 Å². The van der Waals surface area contributed by atoms with Gasteiger partial charge in [0.2, 0.25) is 11.8 Å². The van der Waals surface area contributed by atoms with Crippen LogP contribution < -0.4 is 5.73 Å². The van der Waals surface area contributed by atoms with E-state index >= 15 is 0 Å². The molecule has 7 heteroatoms. The van der Waals surface area contributed by atoms with Crippen LogP contribution in [0, 0.1) is 0 Å². The molecule has 1 atom stereocenters. The van der Waals surface area contributed by atoms with E-state index in [4.69, 9.17) is 10.5 Å². The van der Waals surface area contributed by atoms with Crippen molar-refractivity contribution in [3.8, 4) is 0 Å². The Kier molecular flexibility index (Phi) is 6.08. The molecule has 7 nitrogen and oxygen atoms in total. The highest BCUT2D eigenvalue weighted by molar-refractivity contribution is 5.82. The average molecular weight is 338 g/mol. The Labute approximate surface area is 144 Å². The Morgan fingerprint density at radius 1 is 1.00 bits per heavy atom. The van der Waals surface area contributed by atoms with E-state index < -0.39 is 0 Å². The third-order valence-corrected chi connectivity index (χ3v) is 5.53. The first-order valence-electron chi connectivity index (χ1n) is 9.28. The fourth-order valence-electron chi connectivity index (χ4n) is 4.28. The molecule has 24 heavy (non-hydrogen) atoms. The Morgan fingerprint density at radius 2 is 1.79 bits per heavy atom. The Bertz CT molecular complexity index is 453. The summed E-state index contributed by atoms with van der Waals surface area (Å²) in [5.41, 5.74) is 5.29. The third kappa shape index (κ3) is 4.26. The summed E-state index contributed by atoms with van der Waals surface area (Å²) in [7, 11) is 0. The largest absolute Gasteiger partial charge is 0.378 e. The van der Waals surface area contributed by atoms with Crippen LogP contribution in [0.4, 0.5) is 0 Å². The first-order chi connectivity index (χ1) is 11.6. The van der Waals surface area contributed by atoms with Gasteiger partial charge in [0.25, 0.3) is 0 Å². The number of amides is 2. The average Bonchev–Trinajstić information content (AvgIpc) is 3.01. The summed E-state index contributed by atoms with van der Waals surface area (Å²) in [4.78, 5) is 30.6. The van der Waals surface area contributed by atoms with Crippen LogP contribution in [0.15, 0.2) is 0 Å². The van der Waals surface area contributed by atoms with Gasteiger partial charge in [0.05, 0.1) is 19.8 Å². The highest BCUT2D eigenvalue weighted by atomic mass is 16.5. The predicted molar refractivity (Wildman–Crippen MR) is 90.4 cm³/mol. The van der Waals surface area contributed by atoms with Crippen molar-refractivity contribution < 1.29 is 14.3 Å². The third-order valence-electron chi connectivity index (χ3n) is 5.53. The number of nitrogens with zero attached hydrogens (tertiary/aromatic N) is 3. The molecule has 1 aliphatic carbocycles. The van der Waals surface area contributed by atoms with Crippen molar-refractivity contribution in [2.75, 3.05) is 52.5 Å². The second kappa shape index (κ2) is 8.27. The molecule has 1 unspecified atom stereocenters. The normalized spacial score (nSPS) is 28.0. The molecule has 3 fully saturated rings. The van der Waals surface area contributed by atoms with E-state index in [1.807, 2.05) is 9.80 Å². The number of carbonyl (C=O) groups is 2. The van der Waals surface area contributed by atoms with Gasteiger partial charge in [0.1, 0.15) is 6.04 Å². The SMILES string of the molecule is NC(=O)CN1CCCN(C(=O)C2COCCN2C2CCCC2)CC1. The summed E-state index contributed by atoms with van der Waals surface area (Å²) in [5.74, 6) is -0.106. The van der Waals surface area contributed by atoms with Crippen molar-refractivity contribution in [2.45, 2.75) is 44.2 Å². The van der Waals surface area contributed by atoms with Gasteiger partial charge >= 0.3 is 0 Å². The van der Waals surface area contributed by atoms with Crippen molar-refractivity contribution in [1.29, 1.82) is 0 Å². The van der Waals surface area contributed by atoms with Crippen LogP contribution in [0.5, 0.6) is 0 Å². The minimum atomic E-state index is -0.303. The first-order valence-corrected chi connectivity index (χ1v) is 9.28. The van der Waals surface area contributed by atoms with Gasteiger partial charge in [-0.15, -0.1) is 0 Å². The second-order valence-corrected chi connectivity index (χ2v) is 7.19. The van der Waals surface area contributed by atoms with Gasteiger partial charge in [-0.2, -0.15) is 0 Å². The van der Waals surface area contributed by atoms with Crippen LogP contribution in [0.2, 0.25) is 0 Å². The van der Waals surface area contributed by atoms with E-state index in [-0.39, 0.29) is 24.4 Å². The van der Waals surface area contributed by atoms with Crippen LogP contribution in [-0.4, -0.2) is 91.1 Å². The minimum Gasteiger partial charge on any atom is -0.378 e. The van der Waals surface area contributed by atoms with Gasteiger partial charge in [-0.25, -0.2) is 0 Å². The maximum Gasteiger partial charge on any atom is 0.242 e. The number of hydrogen-bond donors (Lipinski definition) is 1. The van der Waals surface area contributed by atoms with Gasteiger partial charge in [-0.1, -0.05) is 12.8 Å². The van der Waals surface area contributed by atoms with E-state index in [0.717, 1.165) is 32.7 Å². The van der Waals surface area contributed by atoms with Crippen molar-refractivity contribution in [1.82, 2.24) is 14.7 Å². The first kappa shape index (κ1) is 17.6. The lowest BCUT2D eigenvalue weighted by molar-refractivity contribution is -0.145. The Balaban J connectivity index is 1.60. The second-order valence-electron chi connectivity index (χ2n) is 7.19. The number of rotatable bonds is 4. The molecule has 2 N–H and O–H groups in total. The van der Waals surface area contributed by atoms with E-state index in [9.17, 15) is 9.59 Å². The molecule has 2 aliphatic heterocycles. The van der Waals surface area contributed by atoms with Crippen molar-refractivity contribution in [3.05, 3.63) is 0 Å². The highest BCUT2D eigenvalue weighted by Crippen LogP contribution is 2.27. The molecule has 0 spiro atoms. The lowest BCUT2D eigenvalue weighted by Crippen LogP contribution is -2.57. The summed E-state index contributed by atoms with van der Waals surface area (Å²) in [6.45, 7) is 5.34. The topological polar surface area (TPSA) is 79.1 Å². The summed E-state index contributed by atoms with van der Waals surface area (Å²) >= 11 is 0. The van der Waals surface area contributed by atoms with Crippen molar-refractivity contribution in [3.63, 3.8) is 0 Å². The summed E-state index contributed by atoms with van der Waals surface area (Å²) < 4.78 is 5.63. The molecule has 0 aromatic rings. The zero-order valence-corrected chi connectivity index (χ0v) is 14.5. The molecular formula is C17H30N4O3. The molecule has 0 aromatic heterocycles.